The minimum absolute atomic E-state index is 0.00195. The molecule has 0 aliphatic carbocycles. The number of benzene rings is 1. The van der Waals surface area contributed by atoms with Crippen LogP contribution in [0, 0.1) is 5.41 Å². The molecule has 0 aliphatic heterocycles. The Morgan fingerprint density at radius 1 is 1.28 bits per heavy atom. The van der Waals surface area contributed by atoms with Gasteiger partial charge in [0.1, 0.15) is 11.5 Å². The fourth-order valence-electron chi connectivity index (χ4n) is 1.49. The monoisotopic (exact) mass is 315 g/mol. The molecule has 0 saturated heterocycles. The van der Waals surface area contributed by atoms with E-state index in [1.54, 1.807) is 0 Å². The van der Waals surface area contributed by atoms with Crippen LogP contribution < -0.4 is 5.32 Å². The van der Waals surface area contributed by atoms with Crippen LogP contribution in [0.3, 0.4) is 0 Å². The predicted molar refractivity (Wildman–Crippen MR) is 74.3 cm³/mol. The number of hydrogen-bond acceptors (Lipinski definition) is 3. The lowest BCUT2D eigenvalue weighted by Crippen LogP contribution is -2.34. The van der Waals surface area contributed by atoms with E-state index >= 15 is 0 Å². The standard InChI is InChI=1S/C13H18BrNO3/c1-13(2,3-4-14)8-15-12(18)9-5-10(16)7-11(17)6-9/h5-7,16-17H,3-4,8H2,1-2H3,(H,15,18). The number of carbonyl (C=O) groups excluding carboxylic acids is 1. The fourth-order valence-corrected chi connectivity index (χ4v) is 2.57. The van der Waals surface area contributed by atoms with Crippen molar-refractivity contribution in [2.45, 2.75) is 20.3 Å². The molecular weight excluding hydrogens is 298 g/mol. The summed E-state index contributed by atoms with van der Waals surface area (Å²) in [5, 5.41) is 22.3. The van der Waals surface area contributed by atoms with Crippen LogP contribution in [0.4, 0.5) is 0 Å². The molecule has 18 heavy (non-hydrogen) atoms. The summed E-state index contributed by atoms with van der Waals surface area (Å²) in [4.78, 5) is 11.9. The van der Waals surface area contributed by atoms with Crippen LogP contribution in [0.25, 0.3) is 0 Å². The zero-order valence-corrected chi connectivity index (χ0v) is 12.1. The second-order valence-corrected chi connectivity index (χ2v) is 5.82. The molecule has 3 N–H and O–H groups in total. The quantitative estimate of drug-likeness (QED) is 0.732. The van der Waals surface area contributed by atoms with Gasteiger partial charge in [-0.2, -0.15) is 0 Å². The number of alkyl halides is 1. The Balaban J connectivity index is 2.66. The largest absolute Gasteiger partial charge is 0.508 e. The van der Waals surface area contributed by atoms with Gasteiger partial charge in [-0.25, -0.2) is 0 Å². The van der Waals surface area contributed by atoms with Gasteiger partial charge in [-0.05, 0) is 24.0 Å². The lowest BCUT2D eigenvalue weighted by molar-refractivity contribution is 0.0935. The molecule has 0 unspecified atom stereocenters. The van der Waals surface area contributed by atoms with Crippen LogP contribution >= 0.6 is 15.9 Å². The maximum absolute atomic E-state index is 11.9. The summed E-state index contributed by atoms with van der Waals surface area (Å²) in [6.45, 7) is 4.66. The van der Waals surface area contributed by atoms with Crippen LogP contribution in [-0.4, -0.2) is 28.0 Å². The molecule has 100 valence electrons. The Hall–Kier alpha value is -1.23. The highest BCUT2D eigenvalue weighted by Crippen LogP contribution is 2.22. The van der Waals surface area contributed by atoms with E-state index in [1.165, 1.54) is 18.2 Å². The molecule has 0 radical (unpaired) electrons. The third-order valence-electron chi connectivity index (χ3n) is 2.66. The predicted octanol–water partition coefficient (Wildman–Crippen LogP) is 2.64. The van der Waals surface area contributed by atoms with Crippen molar-refractivity contribution in [3.8, 4) is 11.5 Å². The van der Waals surface area contributed by atoms with Crippen molar-refractivity contribution in [1.82, 2.24) is 5.32 Å². The third kappa shape index (κ3) is 4.56. The smallest absolute Gasteiger partial charge is 0.251 e. The molecule has 0 heterocycles. The Bertz CT molecular complexity index is 412. The third-order valence-corrected chi connectivity index (χ3v) is 3.06. The van der Waals surface area contributed by atoms with E-state index in [0.29, 0.717) is 6.54 Å². The maximum atomic E-state index is 11.9. The maximum Gasteiger partial charge on any atom is 0.251 e. The highest BCUT2D eigenvalue weighted by molar-refractivity contribution is 9.09. The molecule has 0 atom stereocenters. The Labute approximate surface area is 115 Å². The number of nitrogens with one attached hydrogen (secondary N) is 1. The number of phenolic OH excluding ortho intramolecular Hbond substituents is 2. The molecule has 1 aromatic carbocycles. The van der Waals surface area contributed by atoms with Crippen LogP contribution in [-0.2, 0) is 0 Å². The average Bonchev–Trinajstić information content (AvgIpc) is 2.24. The van der Waals surface area contributed by atoms with Crippen molar-refractivity contribution >= 4 is 21.8 Å². The molecule has 0 saturated carbocycles. The minimum Gasteiger partial charge on any atom is -0.508 e. The second kappa shape index (κ2) is 6.09. The molecule has 1 rings (SSSR count). The van der Waals surface area contributed by atoms with E-state index in [0.717, 1.165) is 11.8 Å². The van der Waals surface area contributed by atoms with Crippen LogP contribution in [0.5, 0.6) is 11.5 Å². The first-order chi connectivity index (χ1) is 8.34. The van der Waals surface area contributed by atoms with Crippen molar-refractivity contribution in [2.24, 2.45) is 5.41 Å². The molecule has 1 aromatic rings. The van der Waals surface area contributed by atoms with Gasteiger partial charge in [-0.15, -0.1) is 0 Å². The molecule has 5 heteroatoms. The van der Waals surface area contributed by atoms with Crippen molar-refractivity contribution in [3.05, 3.63) is 23.8 Å². The summed E-state index contributed by atoms with van der Waals surface area (Å²) in [6, 6.07) is 3.84. The molecule has 0 aromatic heterocycles. The SMILES string of the molecule is CC(C)(CCBr)CNC(=O)c1cc(O)cc(O)c1. The van der Waals surface area contributed by atoms with E-state index in [1.807, 2.05) is 0 Å². The first-order valence-electron chi connectivity index (χ1n) is 5.71. The van der Waals surface area contributed by atoms with Gasteiger partial charge in [0.25, 0.3) is 5.91 Å². The van der Waals surface area contributed by atoms with Crippen molar-refractivity contribution in [3.63, 3.8) is 0 Å². The van der Waals surface area contributed by atoms with E-state index in [2.05, 4.69) is 35.1 Å². The highest BCUT2D eigenvalue weighted by atomic mass is 79.9. The molecule has 4 nitrogen and oxygen atoms in total. The molecule has 0 bridgehead atoms. The first kappa shape index (κ1) is 14.8. The summed E-state index contributed by atoms with van der Waals surface area (Å²) in [6.07, 6.45) is 0.943. The second-order valence-electron chi connectivity index (χ2n) is 5.02. The normalized spacial score (nSPS) is 11.3. The van der Waals surface area contributed by atoms with Gasteiger partial charge in [0.15, 0.2) is 0 Å². The fraction of sp³-hybridized carbons (Fsp3) is 0.462. The number of phenols is 2. The Morgan fingerprint density at radius 3 is 2.33 bits per heavy atom. The van der Waals surface area contributed by atoms with Crippen molar-refractivity contribution < 1.29 is 15.0 Å². The van der Waals surface area contributed by atoms with Crippen LogP contribution in [0.15, 0.2) is 18.2 Å². The van der Waals surface area contributed by atoms with Crippen LogP contribution in [0.1, 0.15) is 30.6 Å². The van der Waals surface area contributed by atoms with Crippen LogP contribution in [0.2, 0.25) is 0 Å². The summed E-state index contributed by atoms with van der Waals surface area (Å²) < 4.78 is 0. The van der Waals surface area contributed by atoms with Gasteiger partial charge in [0.2, 0.25) is 0 Å². The van der Waals surface area contributed by atoms with Gasteiger partial charge >= 0.3 is 0 Å². The van der Waals surface area contributed by atoms with Crippen molar-refractivity contribution in [1.29, 1.82) is 0 Å². The molecule has 0 aliphatic rings. The zero-order valence-electron chi connectivity index (χ0n) is 10.5. The summed E-state index contributed by atoms with van der Waals surface area (Å²) in [7, 11) is 0. The first-order valence-corrected chi connectivity index (χ1v) is 6.83. The Morgan fingerprint density at radius 2 is 1.83 bits per heavy atom. The molecular formula is C13H18BrNO3. The Kier molecular flexibility index (Phi) is 5.02. The number of carbonyl (C=O) groups is 1. The lowest BCUT2D eigenvalue weighted by Gasteiger charge is -2.23. The van der Waals surface area contributed by atoms with E-state index in [9.17, 15) is 15.0 Å². The highest BCUT2D eigenvalue weighted by Gasteiger charge is 2.18. The van der Waals surface area contributed by atoms with Gasteiger partial charge in [0, 0.05) is 23.5 Å². The summed E-state index contributed by atoms with van der Waals surface area (Å²) >= 11 is 3.38. The topological polar surface area (TPSA) is 69.6 Å². The van der Waals surface area contributed by atoms with Crippen molar-refractivity contribution in [2.75, 3.05) is 11.9 Å². The average molecular weight is 316 g/mol. The number of halogens is 1. The molecule has 0 spiro atoms. The number of amides is 1. The minimum atomic E-state index is -0.302. The lowest BCUT2D eigenvalue weighted by atomic mass is 9.90. The number of rotatable bonds is 5. The number of hydrogen-bond donors (Lipinski definition) is 3. The van der Waals surface area contributed by atoms with Gasteiger partial charge < -0.3 is 15.5 Å². The molecule has 0 fully saturated rings. The van der Waals surface area contributed by atoms with Gasteiger partial charge in [-0.1, -0.05) is 29.8 Å². The van der Waals surface area contributed by atoms with E-state index < -0.39 is 0 Å². The van der Waals surface area contributed by atoms with Gasteiger partial charge in [0.05, 0.1) is 0 Å². The number of aromatic hydroxyl groups is 2. The summed E-state index contributed by atoms with van der Waals surface area (Å²) in [5.41, 5.74) is 0.250. The van der Waals surface area contributed by atoms with E-state index in [-0.39, 0.29) is 28.4 Å². The van der Waals surface area contributed by atoms with E-state index in [4.69, 9.17) is 0 Å². The zero-order chi connectivity index (χ0) is 13.8. The van der Waals surface area contributed by atoms with Gasteiger partial charge in [-0.3, -0.25) is 4.79 Å². The summed E-state index contributed by atoms with van der Waals surface area (Å²) in [5.74, 6) is -0.552. The molecule has 1 amide bonds.